The number of halogens is 1. The molecule has 0 spiro atoms. The minimum absolute atomic E-state index is 0.0166. The molecule has 0 radical (unpaired) electrons. The molecule has 6 nitrogen and oxygen atoms in total. The Kier molecular flexibility index (Phi) is 4.40. The van der Waals surface area contributed by atoms with Crippen LogP contribution in [0.15, 0.2) is 51.0 Å². The van der Waals surface area contributed by atoms with Gasteiger partial charge in [0.15, 0.2) is 5.69 Å². The van der Waals surface area contributed by atoms with E-state index in [2.05, 4.69) is 25.7 Å². The summed E-state index contributed by atoms with van der Waals surface area (Å²) in [6.45, 7) is 0. The van der Waals surface area contributed by atoms with Crippen LogP contribution in [0.25, 0.3) is 10.9 Å². The molecule has 1 aromatic carbocycles. The smallest absolute Gasteiger partial charge is 0.234 e. The Morgan fingerprint density at radius 2 is 2.26 bits per heavy atom. The predicted octanol–water partition coefficient (Wildman–Crippen LogP) is 4.07. The summed E-state index contributed by atoms with van der Waals surface area (Å²) < 4.78 is 13.3. The average Bonchev–Trinajstić information content (AvgIpc) is 3.13. The summed E-state index contributed by atoms with van der Waals surface area (Å²) in [6, 6.07) is 7.85. The number of azo groups is 1. The van der Waals surface area contributed by atoms with Gasteiger partial charge in [-0.3, -0.25) is 5.43 Å². The lowest BCUT2D eigenvalue weighted by Gasteiger charge is -1.95. The molecule has 0 fully saturated rings. The Balaban J connectivity index is 1.73. The van der Waals surface area contributed by atoms with Crippen molar-refractivity contribution in [1.29, 1.82) is 0 Å². The number of hydrogen-bond acceptors (Lipinski definition) is 5. The van der Waals surface area contributed by atoms with Crippen LogP contribution in [-0.4, -0.2) is 21.4 Å². The number of aromatic nitrogens is 1. The number of nitrogens with one attached hydrogen (secondary N) is 2. The van der Waals surface area contributed by atoms with E-state index >= 15 is 0 Å². The Morgan fingerprint density at radius 3 is 3.04 bits per heavy atom. The standard InChI is InChI=1S/C14H10FN5OS2/c15-8-3-4-11-10(6-8)12(13(21)17-11)18-20-14(22)19-16-7-9-2-1-5-23-9/h1-7,17,21H,(H,19,22)/b16-7+,20-18?. The molecule has 0 atom stereocenters. The first kappa shape index (κ1) is 15.3. The van der Waals surface area contributed by atoms with Gasteiger partial charge in [-0.05, 0) is 41.9 Å². The molecule has 2 aromatic heterocycles. The second kappa shape index (κ2) is 6.63. The number of fused-ring (bicyclic) bond motifs is 1. The second-order valence-electron chi connectivity index (χ2n) is 4.40. The Morgan fingerprint density at radius 1 is 1.39 bits per heavy atom. The van der Waals surface area contributed by atoms with Crippen molar-refractivity contribution in [3.63, 3.8) is 0 Å². The molecular formula is C14H10FN5OS2. The van der Waals surface area contributed by atoms with Crippen LogP contribution < -0.4 is 5.43 Å². The number of thiocarbonyl (C=S) groups is 1. The van der Waals surface area contributed by atoms with E-state index in [1.165, 1.54) is 29.5 Å². The van der Waals surface area contributed by atoms with Crippen LogP contribution in [0, 0.1) is 5.82 Å². The highest BCUT2D eigenvalue weighted by Gasteiger charge is 2.11. The number of aromatic amines is 1. The van der Waals surface area contributed by atoms with E-state index in [-0.39, 0.29) is 16.7 Å². The summed E-state index contributed by atoms with van der Waals surface area (Å²) in [5.41, 5.74) is 3.21. The number of thiophene rings is 1. The lowest BCUT2D eigenvalue weighted by Crippen LogP contribution is -2.11. The molecule has 0 aliphatic carbocycles. The minimum atomic E-state index is -0.436. The maximum atomic E-state index is 13.3. The van der Waals surface area contributed by atoms with Crippen molar-refractivity contribution in [1.82, 2.24) is 10.4 Å². The molecule has 0 aliphatic heterocycles. The van der Waals surface area contributed by atoms with Gasteiger partial charge in [0.1, 0.15) is 5.82 Å². The zero-order valence-corrected chi connectivity index (χ0v) is 13.2. The van der Waals surface area contributed by atoms with Gasteiger partial charge in [0.2, 0.25) is 11.0 Å². The maximum Gasteiger partial charge on any atom is 0.234 e. The van der Waals surface area contributed by atoms with Crippen molar-refractivity contribution in [2.24, 2.45) is 15.3 Å². The number of nitrogens with zero attached hydrogens (tertiary/aromatic N) is 3. The fraction of sp³-hybridized carbons (Fsp3) is 0. The highest BCUT2D eigenvalue weighted by atomic mass is 32.1. The predicted molar refractivity (Wildman–Crippen MR) is 92.1 cm³/mol. The van der Waals surface area contributed by atoms with E-state index in [9.17, 15) is 9.50 Å². The van der Waals surface area contributed by atoms with Crippen LogP contribution in [0.1, 0.15) is 4.88 Å². The normalized spacial score (nSPS) is 11.7. The number of hydrogen-bond donors (Lipinski definition) is 3. The summed E-state index contributed by atoms with van der Waals surface area (Å²) in [7, 11) is 0. The van der Waals surface area contributed by atoms with Gasteiger partial charge in [-0.2, -0.15) is 5.10 Å². The van der Waals surface area contributed by atoms with Gasteiger partial charge in [-0.1, -0.05) is 6.07 Å². The first-order chi connectivity index (χ1) is 11.1. The second-order valence-corrected chi connectivity index (χ2v) is 5.77. The lowest BCUT2D eigenvalue weighted by molar-refractivity contribution is 0.459. The van der Waals surface area contributed by atoms with Gasteiger partial charge < -0.3 is 10.1 Å². The molecule has 116 valence electrons. The Bertz CT molecular complexity index is 901. The largest absolute Gasteiger partial charge is 0.493 e. The molecular weight excluding hydrogens is 337 g/mol. The van der Waals surface area contributed by atoms with E-state index in [4.69, 9.17) is 12.2 Å². The van der Waals surface area contributed by atoms with Crippen molar-refractivity contribution in [3.8, 4) is 5.88 Å². The Hall–Kier alpha value is -2.65. The van der Waals surface area contributed by atoms with Crippen LogP contribution >= 0.6 is 23.6 Å². The van der Waals surface area contributed by atoms with E-state index in [0.717, 1.165) is 4.88 Å². The van der Waals surface area contributed by atoms with Crippen LogP contribution in [0.4, 0.5) is 10.1 Å². The summed E-state index contributed by atoms with van der Waals surface area (Å²) in [5.74, 6) is -0.645. The van der Waals surface area contributed by atoms with Gasteiger partial charge in [0, 0.05) is 10.3 Å². The van der Waals surface area contributed by atoms with Crippen LogP contribution in [0.3, 0.4) is 0 Å². The summed E-state index contributed by atoms with van der Waals surface area (Å²) in [6.07, 6.45) is 1.60. The zero-order valence-electron chi connectivity index (χ0n) is 11.5. The summed E-state index contributed by atoms with van der Waals surface area (Å²) in [5, 5.41) is 23.7. The van der Waals surface area contributed by atoms with Crippen LogP contribution in [-0.2, 0) is 0 Å². The van der Waals surface area contributed by atoms with Gasteiger partial charge in [0.25, 0.3) is 0 Å². The van der Waals surface area contributed by atoms with E-state index in [1.807, 2.05) is 17.5 Å². The lowest BCUT2D eigenvalue weighted by atomic mass is 10.2. The molecule has 0 unspecified atom stereocenters. The van der Waals surface area contributed by atoms with Crippen molar-refractivity contribution in [2.45, 2.75) is 0 Å². The fourth-order valence-corrected chi connectivity index (χ4v) is 2.55. The number of hydrazone groups is 1. The molecule has 3 aromatic rings. The SMILES string of the molecule is Oc1[nH]c2ccc(F)cc2c1N=NC(=S)N/N=C/c1cccs1. The third kappa shape index (κ3) is 3.58. The van der Waals surface area contributed by atoms with Crippen LogP contribution in [0.2, 0.25) is 0 Å². The highest BCUT2D eigenvalue weighted by molar-refractivity contribution is 7.80. The molecule has 2 heterocycles. The van der Waals surface area contributed by atoms with Crippen LogP contribution in [0.5, 0.6) is 5.88 Å². The van der Waals surface area contributed by atoms with E-state index in [1.54, 1.807) is 6.21 Å². The molecule has 9 heteroatoms. The molecule has 0 bridgehead atoms. The third-order valence-electron chi connectivity index (χ3n) is 2.85. The monoisotopic (exact) mass is 347 g/mol. The number of aromatic hydroxyl groups is 1. The summed E-state index contributed by atoms with van der Waals surface area (Å²) in [4.78, 5) is 3.64. The molecule has 0 saturated carbocycles. The first-order valence-corrected chi connectivity index (χ1v) is 7.71. The first-order valence-electron chi connectivity index (χ1n) is 6.42. The van der Waals surface area contributed by atoms with Gasteiger partial charge in [-0.15, -0.1) is 21.6 Å². The van der Waals surface area contributed by atoms with Crippen molar-refractivity contribution in [3.05, 3.63) is 46.4 Å². The van der Waals surface area contributed by atoms with Gasteiger partial charge >= 0.3 is 0 Å². The highest BCUT2D eigenvalue weighted by Crippen LogP contribution is 2.35. The quantitative estimate of drug-likeness (QED) is 0.289. The molecule has 3 rings (SSSR count). The molecule has 3 N–H and O–H groups in total. The third-order valence-corrected chi connectivity index (χ3v) is 3.83. The number of rotatable bonds is 3. The van der Waals surface area contributed by atoms with E-state index < -0.39 is 5.82 Å². The number of H-pyrrole nitrogens is 1. The number of benzene rings is 1. The van der Waals surface area contributed by atoms with Gasteiger partial charge in [-0.25, -0.2) is 4.39 Å². The maximum absolute atomic E-state index is 13.3. The molecule has 0 saturated heterocycles. The van der Waals surface area contributed by atoms with Gasteiger partial charge in [0.05, 0.1) is 11.7 Å². The topological polar surface area (TPSA) is 85.1 Å². The minimum Gasteiger partial charge on any atom is -0.493 e. The molecule has 0 amide bonds. The van der Waals surface area contributed by atoms with E-state index in [0.29, 0.717) is 10.9 Å². The molecule has 0 aliphatic rings. The average molecular weight is 347 g/mol. The fourth-order valence-electron chi connectivity index (χ4n) is 1.87. The van der Waals surface area contributed by atoms with Crippen molar-refractivity contribution < 1.29 is 9.50 Å². The Labute approximate surface area is 139 Å². The zero-order chi connectivity index (χ0) is 16.2. The summed E-state index contributed by atoms with van der Waals surface area (Å²) >= 11 is 6.50. The molecule has 23 heavy (non-hydrogen) atoms. The van der Waals surface area contributed by atoms with Crippen molar-refractivity contribution >= 4 is 51.5 Å². The van der Waals surface area contributed by atoms with Crippen molar-refractivity contribution in [2.75, 3.05) is 0 Å².